The normalized spacial score (nSPS) is 32.6. The van der Waals surface area contributed by atoms with E-state index in [0.717, 1.165) is 4.90 Å². The Morgan fingerprint density at radius 2 is 1.59 bits per heavy atom. The summed E-state index contributed by atoms with van der Waals surface area (Å²) in [7, 11) is 1.28. The summed E-state index contributed by atoms with van der Waals surface area (Å²) >= 11 is 1.32. The average molecular weight is 849 g/mol. The van der Waals surface area contributed by atoms with Crippen molar-refractivity contribution in [3.63, 3.8) is 0 Å². The number of esters is 1. The number of aliphatic imine (C=N–C) groups is 1. The smallest absolute Gasteiger partial charge is 0.329 e. The molecule has 0 unspecified atom stereocenters. The summed E-state index contributed by atoms with van der Waals surface area (Å²) in [6.45, 7) is 12.5. The van der Waals surface area contributed by atoms with Crippen LogP contribution in [0.2, 0.25) is 0 Å². The number of hydrogen-bond donors (Lipinski definition) is 6. The molecule has 59 heavy (non-hydrogen) atoms. The summed E-state index contributed by atoms with van der Waals surface area (Å²) in [5, 5.41) is 32.2. The van der Waals surface area contributed by atoms with E-state index in [-0.39, 0.29) is 48.7 Å². The Morgan fingerprint density at radius 3 is 2.19 bits per heavy atom. The van der Waals surface area contributed by atoms with E-state index in [0.29, 0.717) is 17.9 Å². The molecule has 0 radical (unpaired) electrons. The van der Waals surface area contributed by atoms with Gasteiger partial charge in [0, 0.05) is 25.4 Å². The van der Waals surface area contributed by atoms with Gasteiger partial charge in [0.15, 0.2) is 6.10 Å². The summed E-state index contributed by atoms with van der Waals surface area (Å²) < 4.78 is 5.27. The van der Waals surface area contributed by atoms with Gasteiger partial charge < -0.3 is 50.9 Å². The fourth-order valence-electron chi connectivity index (χ4n) is 7.66. The molecule has 7 amide bonds. The summed E-state index contributed by atoms with van der Waals surface area (Å²) in [5.74, 6) is -6.19. The molecule has 4 heterocycles. The number of nitrogens with one attached hydrogen (secondary N) is 4. The van der Waals surface area contributed by atoms with Crippen LogP contribution < -0.4 is 21.3 Å². The molecular weight excluding hydrogens is 789 g/mol. The Hall–Kier alpha value is -4.56. The van der Waals surface area contributed by atoms with Crippen molar-refractivity contribution in [3.8, 4) is 0 Å². The molecule has 0 aromatic carbocycles. The van der Waals surface area contributed by atoms with Crippen molar-refractivity contribution < 1.29 is 53.3 Å². The number of thioether (sulfide) groups is 1. The fourth-order valence-corrected chi connectivity index (χ4v) is 8.82. The largest absolute Gasteiger partial charge is 0.461 e. The maximum absolute atomic E-state index is 14.1. The second kappa shape index (κ2) is 20.1. The standard InChI is InChI=1S/C39H60N8O11S/c1-10-23-36(54)46-13-11-12-26(46)33(52)44-29(22(8)48)38(56)45(9)30(19(4)5)39(57)58-16-28(49)34(53)40-21(7)31(50)42-24(14-18(2)3)37(55)47-20(6)15-27(47)35-43-25(17-59-35)32(51)41-23/h10,18-22,24-30,48-49H,11-17H2,1-9H3,(H,40,53)(H,41,51)(H,42,50)(H,44,52)/b23-10+/t20-,21+,22+,24-,25+,26+,27+,28+,29+,30+/m1/s1. The number of likely N-dealkylation sites (N-methyl/N-ethyl adjacent to an activating group) is 1. The SMILES string of the molecule is C/C=C1/NC(=O)[C@@H]2CSC(=N2)[C@@H]2C[C@@H](C)N2C(=O)[C@@H](CC(C)C)NC(=O)[C@H](C)NC(=O)[C@@H](O)COC(=O)[C@H](C(C)C)N(C)C(=O)[C@H]([C@H](C)O)NC(=O)[C@@H]2CCCN2C1=O. The molecule has 2 bridgehead atoms. The highest BCUT2D eigenvalue weighted by molar-refractivity contribution is 8.14. The number of carbonyl (C=O) groups is 8. The Balaban J connectivity index is 1.66. The highest BCUT2D eigenvalue weighted by Crippen LogP contribution is 2.35. The molecule has 0 aromatic rings. The third-order valence-corrected chi connectivity index (χ3v) is 12.1. The topological polar surface area (TPSA) is 256 Å². The highest BCUT2D eigenvalue weighted by Gasteiger charge is 2.47. The van der Waals surface area contributed by atoms with Gasteiger partial charge in [-0.1, -0.05) is 33.8 Å². The first-order valence-electron chi connectivity index (χ1n) is 20.2. The first-order chi connectivity index (χ1) is 27.7. The monoisotopic (exact) mass is 848 g/mol. The summed E-state index contributed by atoms with van der Waals surface area (Å²) in [5.41, 5.74) is -0.0745. The zero-order valence-corrected chi connectivity index (χ0v) is 36.0. The van der Waals surface area contributed by atoms with Crippen molar-refractivity contribution in [2.45, 2.75) is 142 Å². The lowest BCUT2D eigenvalue weighted by molar-refractivity contribution is -0.161. The van der Waals surface area contributed by atoms with Crippen molar-refractivity contribution in [2.24, 2.45) is 16.8 Å². The number of hydrogen-bond acceptors (Lipinski definition) is 13. The van der Waals surface area contributed by atoms with Gasteiger partial charge in [-0.25, -0.2) is 4.79 Å². The van der Waals surface area contributed by atoms with Crippen LogP contribution >= 0.6 is 11.8 Å². The average Bonchev–Trinajstić information content (AvgIpc) is 3.86. The Kier molecular flexibility index (Phi) is 16.1. The van der Waals surface area contributed by atoms with Crippen molar-refractivity contribution >= 4 is 64.1 Å². The number of rotatable bonds is 4. The lowest BCUT2D eigenvalue weighted by atomic mass is 9.91. The highest BCUT2D eigenvalue weighted by atomic mass is 32.2. The minimum atomic E-state index is -1.91. The van der Waals surface area contributed by atoms with E-state index in [1.807, 2.05) is 20.8 Å². The van der Waals surface area contributed by atoms with E-state index < -0.39 is 108 Å². The minimum Gasteiger partial charge on any atom is -0.461 e. The fraction of sp³-hybridized carbons (Fsp3) is 0.718. The predicted molar refractivity (Wildman–Crippen MR) is 216 cm³/mol. The molecule has 0 aromatic heterocycles. The molecule has 4 aliphatic rings. The van der Waals surface area contributed by atoms with Crippen LogP contribution in [0, 0.1) is 11.8 Å². The lowest BCUT2D eigenvalue weighted by Crippen LogP contribution is -2.65. The van der Waals surface area contributed by atoms with Gasteiger partial charge in [0.05, 0.1) is 17.2 Å². The molecule has 0 saturated carbocycles. The molecule has 10 atom stereocenters. The molecule has 20 heteroatoms. The molecule has 4 rings (SSSR count). The zero-order valence-electron chi connectivity index (χ0n) is 35.2. The quantitative estimate of drug-likeness (QED) is 0.144. The predicted octanol–water partition coefficient (Wildman–Crippen LogP) is -1.20. The van der Waals surface area contributed by atoms with Gasteiger partial charge in [0.1, 0.15) is 48.6 Å². The molecule has 0 spiro atoms. The van der Waals surface area contributed by atoms with Crippen LogP contribution in [0.3, 0.4) is 0 Å². The number of carbonyl (C=O) groups excluding carboxylic acids is 8. The third-order valence-electron chi connectivity index (χ3n) is 10.9. The van der Waals surface area contributed by atoms with Gasteiger partial charge in [-0.3, -0.25) is 38.6 Å². The summed E-state index contributed by atoms with van der Waals surface area (Å²) in [6, 6.07) is -7.62. The number of aliphatic hydroxyl groups is 2. The molecule has 2 fully saturated rings. The maximum atomic E-state index is 14.1. The molecule has 328 valence electrons. The van der Waals surface area contributed by atoms with Crippen molar-refractivity contribution in [2.75, 3.05) is 26.0 Å². The van der Waals surface area contributed by atoms with E-state index in [1.54, 1.807) is 25.7 Å². The molecule has 6 N–H and O–H groups in total. The second-order valence-corrected chi connectivity index (χ2v) is 17.5. The molecule has 19 nitrogen and oxygen atoms in total. The van der Waals surface area contributed by atoms with Crippen LogP contribution in [0.15, 0.2) is 16.8 Å². The van der Waals surface area contributed by atoms with Crippen LogP contribution in [0.5, 0.6) is 0 Å². The number of aliphatic hydroxyl groups excluding tert-OH is 2. The summed E-state index contributed by atoms with van der Waals surface area (Å²) in [6.07, 6.45) is -0.419. The number of allylic oxidation sites excluding steroid dienone is 1. The third kappa shape index (κ3) is 11.0. The first kappa shape index (κ1) is 47.1. The van der Waals surface area contributed by atoms with E-state index >= 15 is 0 Å². The number of nitrogens with zero attached hydrogens (tertiary/aromatic N) is 4. The lowest BCUT2D eigenvalue weighted by Gasteiger charge is -2.48. The van der Waals surface area contributed by atoms with E-state index in [2.05, 4.69) is 26.3 Å². The van der Waals surface area contributed by atoms with Crippen LogP contribution in [0.4, 0.5) is 0 Å². The summed E-state index contributed by atoms with van der Waals surface area (Å²) in [4.78, 5) is 117. The molecule has 0 aliphatic carbocycles. The van der Waals surface area contributed by atoms with Crippen LogP contribution in [-0.4, -0.2) is 164 Å². The van der Waals surface area contributed by atoms with Crippen molar-refractivity contribution in [3.05, 3.63) is 11.8 Å². The van der Waals surface area contributed by atoms with Gasteiger partial charge in [-0.05, 0) is 65.2 Å². The molecular formula is C39H60N8O11S. The molecule has 2 saturated heterocycles. The van der Waals surface area contributed by atoms with Crippen LogP contribution in [0.25, 0.3) is 0 Å². The van der Waals surface area contributed by atoms with Crippen molar-refractivity contribution in [1.82, 2.24) is 36.0 Å². The van der Waals surface area contributed by atoms with Gasteiger partial charge in [-0.15, -0.1) is 11.8 Å². The molecule has 4 aliphatic heterocycles. The minimum absolute atomic E-state index is 0.0170. The van der Waals surface area contributed by atoms with E-state index in [1.165, 1.54) is 43.6 Å². The number of amides is 7. The Labute approximate surface area is 348 Å². The van der Waals surface area contributed by atoms with E-state index in [4.69, 9.17) is 4.74 Å². The number of ether oxygens (including phenoxy) is 1. The van der Waals surface area contributed by atoms with E-state index in [9.17, 15) is 48.6 Å². The number of cyclic esters (lactones) is 1. The van der Waals surface area contributed by atoms with Crippen LogP contribution in [-0.2, 0) is 43.1 Å². The Bertz CT molecular complexity index is 1720. The van der Waals surface area contributed by atoms with Gasteiger partial charge >= 0.3 is 5.97 Å². The van der Waals surface area contributed by atoms with Crippen molar-refractivity contribution in [1.29, 1.82) is 0 Å². The number of fused-ring (bicyclic) bond motifs is 4. The Morgan fingerprint density at radius 1 is 0.915 bits per heavy atom. The maximum Gasteiger partial charge on any atom is 0.329 e. The van der Waals surface area contributed by atoms with Gasteiger partial charge in [0.2, 0.25) is 29.5 Å². The van der Waals surface area contributed by atoms with Gasteiger partial charge in [0.25, 0.3) is 11.8 Å². The zero-order chi connectivity index (χ0) is 44.0. The second-order valence-electron chi connectivity index (χ2n) is 16.4. The van der Waals surface area contributed by atoms with Crippen LogP contribution in [0.1, 0.15) is 81.1 Å². The van der Waals surface area contributed by atoms with Gasteiger partial charge in [-0.2, -0.15) is 0 Å². The first-order valence-corrected chi connectivity index (χ1v) is 21.2.